The average Bonchev–Trinajstić information content (AvgIpc) is 3.24. The van der Waals surface area contributed by atoms with Crippen LogP contribution in [0.4, 0.5) is 0 Å². The number of benzene rings is 4. The number of methoxy groups -OCH3 is 1. The molecule has 0 saturated carbocycles. The van der Waals surface area contributed by atoms with Crippen molar-refractivity contribution >= 4 is 23.4 Å². The normalized spacial score (nSPS) is 12.3. The Balaban J connectivity index is 1.62. The van der Waals surface area contributed by atoms with E-state index in [2.05, 4.69) is 0 Å². The van der Waals surface area contributed by atoms with Crippen LogP contribution in [0, 0.1) is 6.92 Å². The van der Waals surface area contributed by atoms with Gasteiger partial charge in [-0.1, -0.05) is 66.7 Å². The highest BCUT2D eigenvalue weighted by Gasteiger charge is 2.32. The molecule has 0 spiro atoms. The summed E-state index contributed by atoms with van der Waals surface area (Å²) in [5.74, 6) is -1.28. The highest BCUT2D eigenvalue weighted by molar-refractivity contribution is 6.39. The molecule has 2 N–H and O–H groups in total. The summed E-state index contributed by atoms with van der Waals surface area (Å²) >= 11 is 0. The Morgan fingerprint density at radius 3 is 1.91 bits per heavy atom. The number of hydrogen-bond donors (Lipinski definition) is 2. The molecule has 172 valence electrons. The van der Waals surface area contributed by atoms with Crippen molar-refractivity contribution in [3.8, 4) is 33.8 Å². The highest BCUT2D eigenvalue weighted by atomic mass is 16.5. The van der Waals surface area contributed by atoms with E-state index >= 15 is 0 Å². The van der Waals surface area contributed by atoms with Crippen LogP contribution in [0.15, 0.2) is 78.9 Å². The first-order chi connectivity index (χ1) is 16.9. The van der Waals surface area contributed by atoms with Gasteiger partial charge in [-0.05, 0) is 52.9 Å². The fourth-order valence-corrected chi connectivity index (χ4v) is 4.52. The Morgan fingerprint density at radius 2 is 1.29 bits per heavy atom. The summed E-state index contributed by atoms with van der Waals surface area (Å²) in [7, 11) is 1.31. The molecule has 0 aromatic heterocycles. The molecule has 5 rings (SSSR count). The number of rotatable bonds is 4. The number of ketones is 1. The number of phenolic OH excluding ortho intramolecular Hbond substituents is 2. The summed E-state index contributed by atoms with van der Waals surface area (Å²) in [6.07, 6.45) is 1.73. The van der Waals surface area contributed by atoms with Crippen LogP contribution in [0.2, 0.25) is 0 Å². The molecule has 1 aliphatic carbocycles. The molecular formula is C30H22O5. The van der Waals surface area contributed by atoms with Crippen LogP contribution in [0.5, 0.6) is 11.5 Å². The molecule has 0 radical (unpaired) electrons. The molecule has 0 amide bonds. The van der Waals surface area contributed by atoms with Gasteiger partial charge in [0.1, 0.15) is 0 Å². The standard InChI is InChI=1S/C30H22O5/c1-17-25-24(16-23(28(25)32)20-10-14-22(15-11-20)30(34)35-2)26(29(33)27(17)31)21-12-8-19(9-13-21)18-6-4-3-5-7-18/h3-16,31,33H,1-2H3. The monoisotopic (exact) mass is 462 g/mol. The molecule has 0 heterocycles. The zero-order valence-corrected chi connectivity index (χ0v) is 19.2. The Bertz CT molecular complexity index is 1500. The summed E-state index contributed by atoms with van der Waals surface area (Å²) < 4.78 is 4.74. The van der Waals surface area contributed by atoms with Crippen molar-refractivity contribution in [3.63, 3.8) is 0 Å². The smallest absolute Gasteiger partial charge is 0.337 e. The van der Waals surface area contributed by atoms with E-state index in [1.807, 2.05) is 54.6 Å². The number of phenols is 2. The third-order valence-corrected chi connectivity index (χ3v) is 6.39. The number of hydrogen-bond acceptors (Lipinski definition) is 5. The lowest BCUT2D eigenvalue weighted by Crippen LogP contribution is -2.04. The van der Waals surface area contributed by atoms with E-state index in [1.54, 1.807) is 37.3 Å². The number of esters is 1. The zero-order chi connectivity index (χ0) is 24.7. The molecule has 0 bridgehead atoms. The van der Waals surface area contributed by atoms with Crippen LogP contribution < -0.4 is 0 Å². The van der Waals surface area contributed by atoms with Crippen molar-refractivity contribution in [2.75, 3.05) is 7.11 Å². The summed E-state index contributed by atoms with van der Waals surface area (Å²) in [6.45, 7) is 1.62. The van der Waals surface area contributed by atoms with Crippen molar-refractivity contribution in [2.24, 2.45) is 0 Å². The first-order valence-corrected chi connectivity index (χ1v) is 11.1. The van der Waals surface area contributed by atoms with Crippen molar-refractivity contribution in [1.29, 1.82) is 0 Å². The first-order valence-electron chi connectivity index (χ1n) is 11.1. The number of Topliss-reactive ketones (excluding diaryl/α,β-unsaturated/α-hetero) is 1. The van der Waals surface area contributed by atoms with E-state index < -0.39 is 5.97 Å². The van der Waals surface area contributed by atoms with Gasteiger partial charge in [0.2, 0.25) is 0 Å². The molecule has 5 nitrogen and oxygen atoms in total. The van der Waals surface area contributed by atoms with Gasteiger partial charge in [0.15, 0.2) is 17.3 Å². The molecule has 4 aromatic carbocycles. The third-order valence-electron chi connectivity index (χ3n) is 6.39. The SMILES string of the molecule is COC(=O)c1ccc(C2=Cc3c(c(C)c(O)c(O)c3-c3ccc(-c4ccccc4)cc3)C2=O)cc1. The predicted molar refractivity (Wildman–Crippen MR) is 135 cm³/mol. The number of ether oxygens (including phenoxy) is 1. The fourth-order valence-electron chi connectivity index (χ4n) is 4.52. The molecule has 0 aliphatic heterocycles. The fraction of sp³-hybridized carbons (Fsp3) is 0.0667. The highest BCUT2D eigenvalue weighted by Crippen LogP contribution is 2.49. The van der Waals surface area contributed by atoms with E-state index in [0.717, 1.165) is 11.1 Å². The lowest BCUT2D eigenvalue weighted by Gasteiger charge is -2.15. The van der Waals surface area contributed by atoms with Gasteiger partial charge in [0, 0.05) is 22.3 Å². The van der Waals surface area contributed by atoms with Gasteiger partial charge < -0.3 is 14.9 Å². The van der Waals surface area contributed by atoms with Crippen molar-refractivity contribution < 1.29 is 24.5 Å². The third kappa shape index (κ3) is 3.67. The Kier molecular flexibility index (Phi) is 5.46. The number of aromatic hydroxyl groups is 2. The van der Waals surface area contributed by atoms with Gasteiger partial charge in [-0.25, -0.2) is 4.79 Å². The largest absolute Gasteiger partial charge is 0.504 e. The van der Waals surface area contributed by atoms with Gasteiger partial charge in [-0.2, -0.15) is 0 Å². The lowest BCUT2D eigenvalue weighted by atomic mass is 9.90. The molecule has 0 fully saturated rings. The molecule has 0 unspecified atom stereocenters. The van der Waals surface area contributed by atoms with Gasteiger partial charge in [0.05, 0.1) is 12.7 Å². The van der Waals surface area contributed by atoms with Crippen molar-refractivity contribution in [1.82, 2.24) is 0 Å². The van der Waals surface area contributed by atoms with E-state index in [4.69, 9.17) is 4.74 Å². The molecule has 0 saturated heterocycles. The second-order valence-electron chi connectivity index (χ2n) is 8.39. The van der Waals surface area contributed by atoms with Crippen LogP contribution in [0.3, 0.4) is 0 Å². The summed E-state index contributed by atoms with van der Waals surface area (Å²) in [5, 5.41) is 21.6. The van der Waals surface area contributed by atoms with Gasteiger partial charge in [0.25, 0.3) is 0 Å². The molecule has 35 heavy (non-hydrogen) atoms. The molecule has 1 aliphatic rings. The van der Waals surface area contributed by atoms with Crippen LogP contribution in [0.1, 0.15) is 37.4 Å². The van der Waals surface area contributed by atoms with Crippen LogP contribution >= 0.6 is 0 Å². The van der Waals surface area contributed by atoms with Crippen LogP contribution in [-0.2, 0) is 4.74 Å². The van der Waals surface area contributed by atoms with E-state index in [-0.39, 0.29) is 17.3 Å². The Hall–Kier alpha value is -4.64. The second-order valence-corrected chi connectivity index (χ2v) is 8.39. The van der Waals surface area contributed by atoms with Gasteiger partial charge in [-0.15, -0.1) is 0 Å². The first kappa shape index (κ1) is 22.2. The quantitative estimate of drug-likeness (QED) is 0.276. The minimum atomic E-state index is -0.460. The summed E-state index contributed by atoms with van der Waals surface area (Å²) in [6, 6.07) is 24.1. The lowest BCUT2D eigenvalue weighted by molar-refractivity contribution is 0.0600. The van der Waals surface area contributed by atoms with Crippen LogP contribution in [0.25, 0.3) is 33.9 Å². The Morgan fingerprint density at radius 1 is 0.714 bits per heavy atom. The number of fused-ring (bicyclic) bond motifs is 1. The number of carbonyl (C=O) groups is 2. The summed E-state index contributed by atoms with van der Waals surface area (Å²) in [5.41, 5.74) is 5.83. The maximum Gasteiger partial charge on any atom is 0.337 e. The molecule has 0 atom stereocenters. The van der Waals surface area contributed by atoms with E-state index in [0.29, 0.717) is 44.5 Å². The zero-order valence-electron chi connectivity index (χ0n) is 19.2. The minimum Gasteiger partial charge on any atom is -0.504 e. The average molecular weight is 463 g/mol. The topological polar surface area (TPSA) is 83.8 Å². The molecule has 5 heteroatoms. The number of carbonyl (C=O) groups excluding carboxylic acids is 2. The Labute approximate surface area is 202 Å². The molecular weight excluding hydrogens is 440 g/mol. The summed E-state index contributed by atoms with van der Waals surface area (Å²) in [4.78, 5) is 25.2. The minimum absolute atomic E-state index is 0.249. The van der Waals surface area contributed by atoms with E-state index in [9.17, 15) is 19.8 Å². The maximum atomic E-state index is 13.4. The van der Waals surface area contributed by atoms with Crippen molar-refractivity contribution in [2.45, 2.75) is 6.92 Å². The van der Waals surface area contributed by atoms with Gasteiger partial charge in [-0.3, -0.25) is 4.79 Å². The number of allylic oxidation sites excluding steroid dienone is 1. The second kappa shape index (κ2) is 8.61. The van der Waals surface area contributed by atoms with Crippen LogP contribution in [-0.4, -0.2) is 29.1 Å². The predicted octanol–water partition coefficient (Wildman–Crippen LogP) is 6.26. The van der Waals surface area contributed by atoms with E-state index in [1.165, 1.54) is 7.11 Å². The molecule has 4 aromatic rings. The maximum absolute atomic E-state index is 13.4. The van der Waals surface area contributed by atoms with Gasteiger partial charge >= 0.3 is 5.97 Å². The van der Waals surface area contributed by atoms with Crippen molar-refractivity contribution in [3.05, 3.63) is 107 Å².